The minimum atomic E-state index is -0.330. The topological polar surface area (TPSA) is 87.7 Å². The van der Waals surface area contributed by atoms with Gasteiger partial charge in [0.25, 0.3) is 5.91 Å². The van der Waals surface area contributed by atoms with Crippen molar-refractivity contribution in [2.24, 2.45) is 0 Å². The first-order chi connectivity index (χ1) is 11.3. The first-order valence-electron chi connectivity index (χ1n) is 8.11. The maximum atomic E-state index is 12.6. The van der Waals surface area contributed by atoms with Crippen LogP contribution in [0.3, 0.4) is 0 Å². The highest BCUT2D eigenvalue weighted by Crippen LogP contribution is 2.14. The molecule has 1 aliphatic rings. The molecule has 8 heteroatoms. The number of hydrogen-bond donors (Lipinski definition) is 1. The Bertz CT molecular complexity index is 592. The van der Waals surface area contributed by atoms with E-state index in [0.29, 0.717) is 44.3 Å². The summed E-state index contributed by atoms with van der Waals surface area (Å²) in [4.78, 5) is 35.8. The molecule has 2 amide bonds. The van der Waals surface area contributed by atoms with Crippen molar-refractivity contribution in [2.45, 2.75) is 33.2 Å². The van der Waals surface area contributed by atoms with E-state index in [0.717, 1.165) is 0 Å². The molecule has 0 atom stereocenters. The zero-order chi connectivity index (χ0) is 17.7. The molecule has 0 unspecified atom stereocenters. The smallest absolute Gasteiger partial charge is 0.409 e. The predicted molar refractivity (Wildman–Crippen MR) is 89.9 cm³/mol. The van der Waals surface area contributed by atoms with Gasteiger partial charge in [-0.05, 0) is 27.7 Å². The van der Waals surface area contributed by atoms with Crippen molar-refractivity contribution in [2.75, 3.05) is 38.1 Å². The average Bonchev–Trinajstić information content (AvgIpc) is 2.53. The monoisotopic (exact) mass is 335 g/mol. The number of aromatic nitrogens is 2. The van der Waals surface area contributed by atoms with Gasteiger partial charge in [0.05, 0.1) is 6.61 Å². The van der Waals surface area contributed by atoms with Crippen LogP contribution >= 0.6 is 0 Å². The Morgan fingerprint density at radius 2 is 1.79 bits per heavy atom. The van der Waals surface area contributed by atoms with Crippen LogP contribution in [0.4, 0.5) is 10.6 Å². The fraction of sp³-hybridized carbons (Fsp3) is 0.625. The van der Waals surface area contributed by atoms with E-state index in [1.54, 1.807) is 22.8 Å². The number of piperazine rings is 1. The molecule has 0 spiro atoms. The molecule has 1 aromatic heterocycles. The van der Waals surface area contributed by atoms with Crippen LogP contribution in [0.15, 0.2) is 12.4 Å². The molecule has 0 radical (unpaired) electrons. The number of hydrogen-bond acceptors (Lipinski definition) is 6. The quantitative estimate of drug-likeness (QED) is 0.903. The highest BCUT2D eigenvalue weighted by molar-refractivity contribution is 5.93. The van der Waals surface area contributed by atoms with Gasteiger partial charge in [0.15, 0.2) is 0 Å². The van der Waals surface area contributed by atoms with Crippen LogP contribution in [0, 0.1) is 0 Å². The van der Waals surface area contributed by atoms with Crippen molar-refractivity contribution in [1.29, 1.82) is 0 Å². The molecule has 1 aromatic rings. The van der Waals surface area contributed by atoms with Gasteiger partial charge in [-0.3, -0.25) is 4.79 Å². The SMILES string of the molecule is CCOC(=O)N1CCN(C(=O)c2cc(NC(C)(C)C)ncn2)CC1. The van der Waals surface area contributed by atoms with Gasteiger partial charge < -0.3 is 19.9 Å². The second kappa shape index (κ2) is 7.46. The third kappa shape index (κ3) is 4.81. The average molecular weight is 335 g/mol. The van der Waals surface area contributed by atoms with E-state index in [-0.39, 0.29) is 17.5 Å². The van der Waals surface area contributed by atoms with E-state index in [2.05, 4.69) is 15.3 Å². The highest BCUT2D eigenvalue weighted by Gasteiger charge is 2.26. The molecule has 2 heterocycles. The lowest BCUT2D eigenvalue weighted by atomic mass is 10.1. The van der Waals surface area contributed by atoms with Crippen molar-refractivity contribution in [3.05, 3.63) is 18.1 Å². The molecule has 1 aliphatic heterocycles. The Morgan fingerprint density at radius 3 is 2.38 bits per heavy atom. The minimum Gasteiger partial charge on any atom is -0.450 e. The number of carbonyl (C=O) groups is 2. The van der Waals surface area contributed by atoms with E-state index in [1.165, 1.54) is 6.33 Å². The number of nitrogens with one attached hydrogen (secondary N) is 1. The Hall–Kier alpha value is -2.38. The Kier molecular flexibility index (Phi) is 5.58. The molecular weight excluding hydrogens is 310 g/mol. The molecule has 132 valence electrons. The van der Waals surface area contributed by atoms with Gasteiger partial charge in [-0.2, -0.15) is 0 Å². The summed E-state index contributed by atoms with van der Waals surface area (Å²) in [6.07, 6.45) is 1.05. The first kappa shape index (κ1) is 18.0. The summed E-state index contributed by atoms with van der Waals surface area (Å²) in [5, 5.41) is 3.22. The normalized spacial score (nSPS) is 15.2. The van der Waals surface area contributed by atoms with E-state index < -0.39 is 0 Å². The second-order valence-corrected chi connectivity index (χ2v) is 6.64. The van der Waals surface area contributed by atoms with E-state index in [1.807, 2.05) is 20.8 Å². The lowest BCUT2D eigenvalue weighted by Gasteiger charge is -2.33. The molecular formula is C16H25N5O3. The number of rotatable bonds is 3. The molecule has 24 heavy (non-hydrogen) atoms. The van der Waals surface area contributed by atoms with Crippen molar-refractivity contribution in [3.8, 4) is 0 Å². The van der Waals surface area contributed by atoms with Gasteiger partial charge in [-0.25, -0.2) is 14.8 Å². The first-order valence-corrected chi connectivity index (χ1v) is 8.11. The van der Waals surface area contributed by atoms with Gasteiger partial charge in [-0.15, -0.1) is 0 Å². The van der Waals surface area contributed by atoms with Gasteiger partial charge in [0.2, 0.25) is 0 Å². The summed E-state index contributed by atoms with van der Waals surface area (Å²) in [6, 6.07) is 1.66. The number of anilines is 1. The molecule has 0 aromatic carbocycles. The Morgan fingerprint density at radius 1 is 1.17 bits per heavy atom. The summed E-state index contributed by atoms with van der Waals surface area (Å²) in [6.45, 7) is 10.0. The molecule has 1 fully saturated rings. The van der Waals surface area contributed by atoms with Gasteiger partial charge in [0.1, 0.15) is 17.8 Å². The third-order valence-electron chi connectivity index (χ3n) is 3.48. The molecule has 0 bridgehead atoms. The highest BCUT2D eigenvalue weighted by atomic mass is 16.6. The van der Waals surface area contributed by atoms with Crippen LogP contribution in [-0.4, -0.2) is 70.1 Å². The molecule has 1 N–H and O–H groups in total. The number of ether oxygens (including phenoxy) is 1. The molecule has 2 rings (SSSR count). The van der Waals surface area contributed by atoms with E-state index >= 15 is 0 Å². The zero-order valence-corrected chi connectivity index (χ0v) is 14.7. The van der Waals surface area contributed by atoms with Crippen LogP contribution in [0.5, 0.6) is 0 Å². The lowest BCUT2D eigenvalue weighted by molar-refractivity contribution is 0.0566. The summed E-state index contributed by atoms with van der Waals surface area (Å²) >= 11 is 0. The standard InChI is InChI=1S/C16H25N5O3/c1-5-24-15(23)21-8-6-20(7-9-21)14(22)12-10-13(18-11-17-12)19-16(2,3)4/h10-11H,5-9H2,1-4H3,(H,17,18,19). The van der Waals surface area contributed by atoms with Crippen molar-refractivity contribution < 1.29 is 14.3 Å². The fourth-order valence-corrected chi connectivity index (χ4v) is 2.40. The Labute approximate surface area is 142 Å². The summed E-state index contributed by atoms with van der Waals surface area (Å²) in [7, 11) is 0. The number of carbonyl (C=O) groups excluding carboxylic acids is 2. The van der Waals surface area contributed by atoms with Gasteiger partial charge >= 0.3 is 6.09 Å². The van der Waals surface area contributed by atoms with Crippen LogP contribution in [0.2, 0.25) is 0 Å². The maximum absolute atomic E-state index is 12.6. The zero-order valence-electron chi connectivity index (χ0n) is 14.7. The van der Waals surface area contributed by atoms with E-state index in [9.17, 15) is 9.59 Å². The molecule has 8 nitrogen and oxygen atoms in total. The van der Waals surface area contributed by atoms with Gasteiger partial charge in [-0.1, -0.05) is 0 Å². The molecule has 0 saturated carbocycles. The summed E-state index contributed by atoms with van der Waals surface area (Å²) < 4.78 is 4.98. The number of amides is 2. The summed E-state index contributed by atoms with van der Waals surface area (Å²) in [5.74, 6) is 0.462. The van der Waals surface area contributed by atoms with Crippen molar-refractivity contribution >= 4 is 17.8 Å². The van der Waals surface area contributed by atoms with Crippen LogP contribution in [0.25, 0.3) is 0 Å². The summed E-state index contributed by atoms with van der Waals surface area (Å²) in [5.41, 5.74) is 0.196. The van der Waals surface area contributed by atoms with Gasteiger partial charge in [0, 0.05) is 37.8 Å². The van der Waals surface area contributed by atoms with Crippen LogP contribution in [-0.2, 0) is 4.74 Å². The fourth-order valence-electron chi connectivity index (χ4n) is 2.40. The minimum absolute atomic E-state index is 0.153. The molecule has 0 aliphatic carbocycles. The van der Waals surface area contributed by atoms with Crippen molar-refractivity contribution in [3.63, 3.8) is 0 Å². The maximum Gasteiger partial charge on any atom is 0.409 e. The molecule has 1 saturated heterocycles. The largest absolute Gasteiger partial charge is 0.450 e. The third-order valence-corrected chi connectivity index (χ3v) is 3.48. The van der Waals surface area contributed by atoms with Crippen molar-refractivity contribution in [1.82, 2.24) is 19.8 Å². The van der Waals surface area contributed by atoms with E-state index in [4.69, 9.17) is 4.74 Å². The predicted octanol–water partition coefficient (Wildman–Crippen LogP) is 1.60. The Balaban J connectivity index is 1.98. The van der Waals surface area contributed by atoms with Crippen LogP contribution < -0.4 is 5.32 Å². The number of nitrogens with zero attached hydrogens (tertiary/aromatic N) is 4. The second-order valence-electron chi connectivity index (χ2n) is 6.64. The van der Waals surface area contributed by atoms with Crippen LogP contribution in [0.1, 0.15) is 38.2 Å². The lowest BCUT2D eigenvalue weighted by Crippen LogP contribution is -2.50.